The molecule has 3 aliphatic rings. The zero-order chi connectivity index (χ0) is 23.0. The van der Waals surface area contributed by atoms with Crippen LogP contribution in [0.5, 0.6) is 11.5 Å². The number of nitro benzene ring substituents is 1. The average molecular weight is 443 g/mol. The molecule has 0 spiro atoms. The van der Waals surface area contributed by atoms with E-state index in [9.17, 15) is 24.8 Å². The number of phenolic OH excluding ortho intramolecular Hbond substituents is 1. The van der Waals surface area contributed by atoms with Crippen LogP contribution in [-0.4, -0.2) is 60.0 Å². The number of rotatable bonds is 4. The number of carbonyl (C=O) groups is 2. The number of carbonyl (C=O) groups excluding carboxylic acids is 2. The van der Waals surface area contributed by atoms with E-state index in [0.717, 1.165) is 5.70 Å². The van der Waals surface area contributed by atoms with Gasteiger partial charge in [-0.3, -0.25) is 19.7 Å². The maximum Gasteiger partial charge on any atom is 0.314 e. The summed E-state index contributed by atoms with van der Waals surface area (Å²) in [5.41, 5.74) is 1.96. The Morgan fingerprint density at radius 1 is 1.31 bits per heavy atom. The fourth-order valence-electron chi connectivity index (χ4n) is 4.61. The Labute approximate surface area is 184 Å². The van der Waals surface area contributed by atoms with Gasteiger partial charge in [0.05, 0.1) is 25.2 Å². The lowest BCUT2D eigenvalue weighted by molar-refractivity contribution is -0.386. The van der Waals surface area contributed by atoms with Crippen LogP contribution in [0.4, 0.5) is 5.69 Å². The predicted molar refractivity (Wildman–Crippen MR) is 113 cm³/mol. The fraction of sp³-hybridized carbons (Fsp3) is 0.455. The van der Waals surface area contributed by atoms with Gasteiger partial charge < -0.3 is 24.8 Å². The van der Waals surface area contributed by atoms with E-state index in [1.165, 1.54) is 19.2 Å². The second kappa shape index (κ2) is 8.62. The first-order chi connectivity index (χ1) is 15.3. The van der Waals surface area contributed by atoms with Crippen LogP contribution >= 0.6 is 0 Å². The Morgan fingerprint density at radius 2 is 2.03 bits per heavy atom. The SMILES string of the molecule is COc1cc([C@@H]2C(C(=O)N3CCOCC3)=C(C)NC3=C2C(=O)CCC3)cc([N+](=O)[O-])c1O. The number of Topliss-reactive ketones (excluding diaryl/α,β-unsaturated/α-hetero) is 1. The number of morpholine rings is 1. The number of dihydropyridines is 1. The van der Waals surface area contributed by atoms with Gasteiger partial charge in [-0.15, -0.1) is 0 Å². The topological polar surface area (TPSA) is 131 Å². The van der Waals surface area contributed by atoms with Crippen LogP contribution in [0.1, 0.15) is 37.7 Å². The van der Waals surface area contributed by atoms with E-state index in [0.29, 0.717) is 68.0 Å². The minimum Gasteiger partial charge on any atom is -0.500 e. The standard InChI is InChI=1S/C22H25N3O7/c1-12-18(22(28)24-6-8-32-9-7-24)19(20-14(23-12)4-3-5-16(20)26)13-10-15(25(29)30)21(27)17(11-13)31-2/h10-11,19,23,27H,3-9H2,1-2H3/t19-/m1/s1. The van der Waals surface area contributed by atoms with Gasteiger partial charge in [-0.2, -0.15) is 0 Å². The molecule has 170 valence electrons. The molecule has 32 heavy (non-hydrogen) atoms. The minimum absolute atomic E-state index is 0.0889. The second-order valence-corrected chi connectivity index (χ2v) is 8.02. The van der Waals surface area contributed by atoms with Crippen molar-refractivity contribution in [3.63, 3.8) is 0 Å². The molecule has 1 aromatic rings. The number of nitrogens with one attached hydrogen (secondary N) is 1. The average Bonchev–Trinajstić information content (AvgIpc) is 2.78. The number of phenols is 1. The number of ether oxygens (including phenoxy) is 2. The van der Waals surface area contributed by atoms with Crippen LogP contribution in [0.2, 0.25) is 0 Å². The Morgan fingerprint density at radius 3 is 2.69 bits per heavy atom. The highest BCUT2D eigenvalue weighted by Crippen LogP contribution is 2.47. The molecular formula is C22H25N3O7. The van der Waals surface area contributed by atoms with E-state index in [4.69, 9.17) is 9.47 Å². The van der Waals surface area contributed by atoms with E-state index < -0.39 is 22.3 Å². The van der Waals surface area contributed by atoms with Crippen molar-refractivity contribution < 1.29 is 29.1 Å². The third kappa shape index (κ3) is 3.70. The van der Waals surface area contributed by atoms with Crippen LogP contribution in [0, 0.1) is 10.1 Å². The molecule has 0 aromatic heterocycles. The largest absolute Gasteiger partial charge is 0.500 e. The summed E-state index contributed by atoms with van der Waals surface area (Å²) < 4.78 is 10.5. The third-order valence-electron chi connectivity index (χ3n) is 6.13. The predicted octanol–water partition coefficient (Wildman–Crippen LogP) is 2.14. The van der Waals surface area contributed by atoms with Crippen molar-refractivity contribution in [2.24, 2.45) is 0 Å². The number of methoxy groups -OCH3 is 1. The molecule has 10 nitrogen and oxygen atoms in total. The van der Waals surface area contributed by atoms with Gasteiger partial charge in [0, 0.05) is 54.0 Å². The Kier molecular flexibility index (Phi) is 5.88. The molecule has 2 aliphatic heterocycles. The smallest absolute Gasteiger partial charge is 0.314 e. The number of hydrogen-bond acceptors (Lipinski definition) is 8. The summed E-state index contributed by atoms with van der Waals surface area (Å²) in [5, 5.41) is 25.1. The highest BCUT2D eigenvalue weighted by atomic mass is 16.6. The van der Waals surface area contributed by atoms with E-state index in [1.54, 1.807) is 11.8 Å². The molecular weight excluding hydrogens is 418 g/mol. The molecule has 10 heteroatoms. The monoisotopic (exact) mass is 443 g/mol. The number of amides is 1. The third-order valence-corrected chi connectivity index (χ3v) is 6.13. The molecule has 1 fully saturated rings. The normalized spacial score (nSPS) is 21.2. The fourth-order valence-corrected chi connectivity index (χ4v) is 4.61. The number of ketones is 1. The van der Waals surface area contributed by atoms with Crippen molar-refractivity contribution in [3.8, 4) is 11.5 Å². The molecule has 1 atom stereocenters. The van der Waals surface area contributed by atoms with E-state index in [1.807, 2.05) is 0 Å². The summed E-state index contributed by atoms with van der Waals surface area (Å²) in [7, 11) is 1.29. The minimum atomic E-state index is -0.803. The van der Waals surface area contributed by atoms with Crippen molar-refractivity contribution in [1.29, 1.82) is 0 Å². The van der Waals surface area contributed by atoms with Crippen LogP contribution < -0.4 is 10.1 Å². The summed E-state index contributed by atoms with van der Waals surface area (Å²) in [6.45, 7) is 3.45. The molecule has 0 unspecified atom stereocenters. The van der Waals surface area contributed by atoms with Gasteiger partial charge in [-0.25, -0.2) is 0 Å². The Bertz CT molecular complexity index is 1050. The molecule has 0 radical (unpaired) electrons. The van der Waals surface area contributed by atoms with Crippen LogP contribution in [-0.2, 0) is 14.3 Å². The molecule has 1 amide bonds. The zero-order valence-corrected chi connectivity index (χ0v) is 18.0. The summed E-state index contributed by atoms with van der Waals surface area (Å²) in [6, 6.07) is 2.69. The Hall–Kier alpha value is -3.40. The Balaban J connectivity index is 1.91. The molecule has 2 heterocycles. The first kappa shape index (κ1) is 21.8. The summed E-state index contributed by atoms with van der Waals surface area (Å²) in [4.78, 5) is 39.2. The van der Waals surface area contributed by atoms with Crippen LogP contribution in [0.3, 0.4) is 0 Å². The highest BCUT2D eigenvalue weighted by Gasteiger charge is 2.41. The van der Waals surface area contributed by atoms with Gasteiger partial charge >= 0.3 is 5.69 Å². The number of hydrogen-bond donors (Lipinski definition) is 2. The number of nitro groups is 1. The lowest BCUT2D eigenvalue weighted by Gasteiger charge is -2.37. The maximum atomic E-state index is 13.6. The lowest BCUT2D eigenvalue weighted by atomic mass is 9.74. The van der Waals surface area contributed by atoms with E-state index in [2.05, 4.69) is 5.32 Å². The van der Waals surface area contributed by atoms with Crippen molar-refractivity contribution in [1.82, 2.24) is 10.2 Å². The summed E-state index contributed by atoms with van der Waals surface area (Å²) >= 11 is 0. The number of allylic oxidation sites excluding steroid dienone is 3. The summed E-state index contributed by atoms with van der Waals surface area (Å²) in [6.07, 6.45) is 1.67. The van der Waals surface area contributed by atoms with E-state index >= 15 is 0 Å². The van der Waals surface area contributed by atoms with Crippen LogP contribution in [0.25, 0.3) is 0 Å². The molecule has 2 N–H and O–H groups in total. The van der Waals surface area contributed by atoms with Gasteiger partial charge in [0.1, 0.15) is 0 Å². The van der Waals surface area contributed by atoms with Gasteiger partial charge in [0.2, 0.25) is 5.75 Å². The van der Waals surface area contributed by atoms with Crippen LogP contribution in [0.15, 0.2) is 34.7 Å². The van der Waals surface area contributed by atoms with Gasteiger partial charge in [0.15, 0.2) is 11.5 Å². The molecule has 4 rings (SSSR count). The number of nitrogens with zero attached hydrogens (tertiary/aromatic N) is 2. The van der Waals surface area contributed by atoms with Crippen molar-refractivity contribution in [2.75, 3.05) is 33.4 Å². The molecule has 0 saturated carbocycles. The van der Waals surface area contributed by atoms with Gasteiger partial charge in [-0.1, -0.05) is 0 Å². The first-order valence-corrected chi connectivity index (χ1v) is 10.5. The molecule has 1 saturated heterocycles. The molecule has 1 aliphatic carbocycles. The van der Waals surface area contributed by atoms with E-state index in [-0.39, 0.29) is 17.4 Å². The second-order valence-electron chi connectivity index (χ2n) is 8.02. The highest BCUT2D eigenvalue weighted by molar-refractivity contribution is 6.05. The molecule has 1 aromatic carbocycles. The van der Waals surface area contributed by atoms with Crippen molar-refractivity contribution in [2.45, 2.75) is 32.1 Å². The van der Waals surface area contributed by atoms with Gasteiger partial charge in [0.25, 0.3) is 5.91 Å². The molecule has 0 bridgehead atoms. The van der Waals surface area contributed by atoms with Gasteiger partial charge in [-0.05, 0) is 31.4 Å². The first-order valence-electron chi connectivity index (χ1n) is 10.5. The zero-order valence-electron chi connectivity index (χ0n) is 18.0. The van der Waals surface area contributed by atoms with Crippen molar-refractivity contribution >= 4 is 17.4 Å². The number of aromatic hydroxyl groups is 1. The maximum absolute atomic E-state index is 13.6. The number of benzene rings is 1. The lowest BCUT2D eigenvalue weighted by Crippen LogP contribution is -2.44. The quantitative estimate of drug-likeness (QED) is 0.534. The van der Waals surface area contributed by atoms with Crippen molar-refractivity contribution in [3.05, 3.63) is 50.4 Å². The summed E-state index contributed by atoms with van der Waals surface area (Å²) in [5.74, 6) is -1.83.